The zero-order valence-corrected chi connectivity index (χ0v) is 26.8. The van der Waals surface area contributed by atoms with E-state index in [2.05, 4.69) is 58.0 Å². The van der Waals surface area contributed by atoms with Crippen molar-refractivity contribution in [2.45, 2.75) is 13.8 Å². The molecule has 0 aliphatic rings. The number of para-hydroxylation sites is 1. The van der Waals surface area contributed by atoms with Gasteiger partial charge in [-0.15, -0.1) is 35.7 Å². The first-order valence-electron chi connectivity index (χ1n) is 13.9. The van der Waals surface area contributed by atoms with Gasteiger partial charge in [-0.2, -0.15) is 17.2 Å². The van der Waals surface area contributed by atoms with Crippen LogP contribution in [-0.4, -0.2) is 33.6 Å². The predicted molar refractivity (Wildman–Crippen MR) is 168 cm³/mol. The van der Waals surface area contributed by atoms with Gasteiger partial charge in [-0.3, -0.25) is 4.68 Å². The van der Waals surface area contributed by atoms with Gasteiger partial charge in [0.15, 0.2) is 0 Å². The quantitative estimate of drug-likeness (QED) is 0.154. The maximum Gasteiger partial charge on any atom is 2.00 e. The van der Waals surface area contributed by atoms with Crippen molar-refractivity contribution in [1.29, 1.82) is 0 Å². The zero-order chi connectivity index (χ0) is 29.5. The minimum atomic E-state index is 0. The van der Waals surface area contributed by atoms with Gasteiger partial charge in [0.1, 0.15) is 17.3 Å². The fourth-order valence-corrected chi connectivity index (χ4v) is 5.47. The third kappa shape index (κ3) is 5.24. The molecule has 4 aromatic carbocycles. The van der Waals surface area contributed by atoms with Crippen LogP contribution < -0.4 is 14.2 Å². The number of nitrogens with zero attached hydrogens (tertiary/aromatic N) is 4. The molecule has 0 N–H and O–H groups in total. The number of ether oxygens (including phenoxy) is 3. The fraction of sp³-hybridized carbons (Fsp3) is 0.111. The molecule has 3 aromatic heterocycles. The Morgan fingerprint density at radius 3 is 2.30 bits per heavy atom. The summed E-state index contributed by atoms with van der Waals surface area (Å²) in [6.07, 6.45) is 5.55. The zero-order valence-electron chi connectivity index (χ0n) is 24.6. The van der Waals surface area contributed by atoms with Crippen molar-refractivity contribution in [2.24, 2.45) is 0 Å². The molecular formula is C36H28N4O3Pt. The molecule has 0 radical (unpaired) electrons. The Morgan fingerprint density at radius 2 is 1.52 bits per heavy atom. The molecule has 0 saturated carbocycles. The first-order chi connectivity index (χ1) is 21.0. The monoisotopic (exact) mass is 759 g/mol. The molecule has 0 spiro atoms. The predicted octanol–water partition coefficient (Wildman–Crippen LogP) is 8.06. The molecule has 0 aliphatic heterocycles. The molecule has 0 amide bonds. The molecule has 0 fully saturated rings. The summed E-state index contributed by atoms with van der Waals surface area (Å²) in [5.74, 6) is 3.41. The maximum atomic E-state index is 6.31. The molecule has 0 aliphatic carbocycles. The van der Waals surface area contributed by atoms with Gasteiger partial charge in [0.05, 0.1) is 26.0 Å². The Balaban J connectivity index is 0.00000343. The minimum absolute atomic E-state index is 0. The number of benzene rings is 4. The first-order valence-corrected chi connectivity index (χ1v) is 13.9. The molecule has 3 heterocycles. The van der Waals surface area contributed by atoms with E-state index in [1.54, 1.807) is 25.1 Å². The number of hydrogen-bond acceptors (Lipinski definition) is 5. The third-order valence-corrected chi connectivity index (χ3v) is 7.43. The van der Waals surface area contributed by atoms with Crippen LogP contribution in [0.3, 0.4) is 0 Å². The summed E-state index contributed by atoms with van der Waals surface area (Å²) in [6.45, 7) is 4.07. The van der Waals surface area contributed by atoms with Gasteiger partial charge >= 0.3 is 21.1 Å². The van der Waals surface area contributed by atoms with E-state index in [0.717, 1.165) is 67.1 Å². The molecule has 0 atom stereocenters. The van der Waals surface area contributed by atoms with Crippen LogP contribution in [0.5, 0.6) is 23.0 Å². The van der Waals surface area contributed by atoms with E-state index in [1.807, 2.05) is 73.9 Å². The van der Waals surface area contributed by atoms with Crippen molar-refractivity contribution >= 4 is 21.8 Å². The molecule has 220 valence electrons. The summed E-state index contributed by atoms with van der Waals surface area (Å²) >= 11 is 0. The van der Waals surface area contributed by atoms with Crippen molar-refractivity contribution in [3.8, 4) is 45.6 Å². The third-order valence-electron chi connectivity index (χ3n) is 7.43. The Kier molecular flexibility index (Phi) is 7.98. The van der Waals surface area contributed by atoms with Crippen molar-refractivity contribution in [2.75, 3.05) is 14.2 Å². The van der Waals surface area contributed by atoms with Crippen LogP contribution in [0.25, 0.3) is 44.4 Å². The van der Waals surface area contributed by atoms with Crippen LogP contribution in [0.1, 0.15) is 11.1 Å². The number of aromatic nitrogens is 4. The van der Waals surface area contributed by atoms with Gasteiger partial charge < -0.3 is 18.8 Å². The van der Waals surface area contributed by atoms with E-state index >= 15 is 0 Å². The topological polar surface area (TPSA) is 63.3 Å². The second kappa shape index (κ2) is 12.0. The number of rotatable bonds is 7. The van der Waals surface area contributed by atoms with E-state index in [1.165, 1.54) is 0 Å². The van der Waals surface area contributed by atoms with Gasteiger partial charge in [0.25, 0.3) is 0 Å². The van der Waals surface area contributed by atoms with Crippen LogP contribution >= 0.6 is 0 Å². The van der Waals surface area contributed by atoms with E-state index in [-0.39, 0.29) is 21.1 Å². The summed E-state index contributed by atoms with van der Waals surface area (Å²) < 4.78 is 21.5. The smallest absolute Gasteiger partial charge is 0.509 e. The van der Waals surface area contributed by atoms with Crippen LogP contribution in [0.15, 0.2) is 97.5 Å². The van der Waals surface area contributed by atoms with Gasteiger partial charge in [0, 0.05) is 35.0 Å². The summed E-state index contributed by atoms with van der Waals surface area (Å²) in [4.78, 5) is 4.66. The first kappa shape index (κ1) is 29.2. The summed E-state index contributed by atoms with van der Waals surface area (Å²) in [5, 5.41) is 6.81. The van der Waals surface area contributed by atoms with E-state index in [0.29, 0.717) is 11.5 Å². The van der Waals surface area contributed by atoms with Gasteiger partial charge in [-0.1, -0.05) is 23.7 Å². The molecule has 44 heavy (non-hydrogen) atoms. The minimum Gasteiger partial charge on any atom is -0.509 e. The molecule has 0 bridgehead atoms. The van der Waals surface area contributed by atoms with E-state index < -0.39 is 0 Å². The molecule has 8 heteroatoms. The van der Waals surface area contributed by atoms with E-state index in [9.17, 15) is 0 Å². The Bertz CT molecular complexity index is 2110. The standard InChI is InChI=1S/C36H28N4O3.Pt/c1-23-14-15-37-35(18-23)40-31-11-6-5-10-29(31)30-13-12-28(20-32(30)40)43-27-9-7-8-26(19-27)39-22-25(21-38-39)36-33(41-3)16-24(2)17-34(36)42-4;/h5-18,21-22H,1-4H3;/q-2;+2. The van der Waals surface area contributed by atoms with Crippen molar-refractivity contribution in [1.82, 2.24) is 19.3 Å². The SMILES string of the molecule is COc1cc(C)cc(OC)c1-c1cnn(-c2[c-]c(Oc3[c-]c4c(cc3)c3ccccc3n4-c3cc(C)ccn3)ccc2)c1.[Pt+2]. The second-order valence-corrected chi connectivity index (χ2v) is 10.3. The van der Waals surface area contributed by atoms with Crippen molar-refractivity contribution in [3.05, 3.63) is 121 Å². The van der Waals surface area contributed by atoms with Gasteiger partial charge in [-0.25, -0.2) is 4.98 Å². The Labute approximate surface area is 269 Å². The van der Waals surface area contributed by atoms with Gasteiger partial charge in [0.2, 0.25) is 0 Å². The van der Waals surface area contributed by atoms with Crippen molar-refractivity contribution in [3.63, 3.8) is 0 Å². The summed E-state index contributed by atoms with van der Waals surface area (Å²) in [6, 6.07) is 32.9. The summed E-state index contributed by atoms with van der Waals surface area (Å²) in [5.41, 5.74) is 6.58. The number of methoxy groups -OCH3 is 2. The molecule has 7 nitrogen and oxygen atoms in total. The average molecular weight is 760 g/mol. The van der Waals surface area contributed by atoms with E-state index in [4.69, 9.17) is 14.2 Å². The molecule has 7 rings (SSSR count). The number of pyridine rings is 1. The largest absolute Gasteiger partial charge is 2.00 e. The second-order valence-electron chi connectivity index (χ2n) is 10.3. The number of hydrogen-bond donors (Lipinski definition) is 0. The normalized spacial score (nSPS) is 11.0. The van der Waals surface area contributed by atoms with Crippen LogP contribution in [0, 0.1) is 26.0 Å². The molecule has 0 saturated heterocycles. The number of fused-ring (bicyclic) bond motifs is 3. The molecule has 0 unspecified atom stereocenters. The number of aryl methyl sites for hydroxylation is 2. The van der Waals surface area contributed by atoms with Crippen LogP contribution in [0.2, 0.25) is 0 Å². The van der Waals surface area contributed by atoms with Crippen LogP contribution in [-0.2, 0) is 21.1 Å². The fourth-order valence-electron chi connectivity index (χ4n) is 5.47. The molecule has 7 aromatic rings. The maximum absolute atomic E-state index is 6.31. The molecular weight excluding hydrogens is 731 g/mol. The van der Waals surface area contributed by atoms with Crippen LogP contribution in [0.4, 0.5) is 0 Å². The Morgan fingerprint density at radius 1 is 0.750 bits per heavy atom. The Hall–Kier alpha value is -4.87. The van der Waals surface area contributed by atoms with Gasteiger partial charge in [-0.05, 0) is 66.4 Å². The average Bonchev–Trinajstić information content (AvgIpc) is 3.64. The summed E-state index contributed by atoms with van der Waals surface area (Å²) in [7, 11) is 3.31. The van der Waals surface area contributed by atoms with Crippen molar-refractivity contribution < 1.29 is 35.3 Å².